The Morgan fingerprint density at radius 1 is 1.15 bits per heavy atom. The maximum absolute atomic E-state index is 13.2. The molecule has 1 aliphatic heterocycles. The Morgan fingerprint density at radius 3 is 2.45 bits per heavy atom. The topological polar surface area (TPSA) is 175 Å². The average Bonchev–Trinajstić information content (AvgIpc) is 2.96. The van der Waals surface area contributed by atoms with Crippen LogP contribution in [0.5, 0.6) is 11.5 Å². The zero-order valence-corrected chi connectivity index (χ0v) is 24.3. The number of nitrogens with zero attached hydrogens (tertiary/aromatic N) is 1. The molecule has 1 fully saturated rings. The van der Waals surface area contributed by atoms with Gasteiger partial charge in [-0.1, -0.05) is 13.8 Å². The van der Waals surface area contributed by atoms with Crippen molar-refractivity contribution >= 4 is 39.0 Å². The first-order valence-electron chi connectivity index (χ1n) is 12.4. The predicted octanol–water partition coefficient (Wildman–Crippen LogP) is 0.651. The normalized spacial score (nSPS) is 22.0. The Bertz CT molecular complexity index is 1080. The van der Waals surface area contributed by atoms with Gasteiger partial charge in [0.15, 0.2) is 35.4 Å². The third-order valence-electron chi connectivity index (χ3n) is 5.82. The minimum absolute atomic E-state index is 0.0891. The number of esters is 4. The fourth-order valence-electron chi connectivity index (χ4n) is 3.39. The Balaban J connectivity index is 2.25. The van der Waals surface area contributed by atoms with Crippen LogP contribution in [0.15, 0.2) is 12.3 Å². The van der Waals surface area contributed by atoms with Crippen molar-refractivity contribution in [1.29, 1.82) is 0 Å². The van der Waals surface area contributed by atoms with Gasteiger partial charge in [0, 0.05) is 19.4 Å². The van der Waals surface area contributed by atoms with Gasteiger partial charge in [0.1, 0.15) is 18.6 Å². The van der Waals surface area contributed by atoms with Crippen LogP contribution in [0.2, 0.25) is 0 Å². The first-order chi connectivity index (χ1) is 18.9. The van der Waals surface area contributed by atoms with Gasteiger partial charge in [-0.25, -0.2) is 14.6 Å². The summed E-state index contributed by atoms with van der Waals surface area (Å²) < 4.78 is 36.8. The van der Waals surface area contributed by atoms with E-state index in [-0.39, 0.29) is 23.4 Å². The van der Waals surface area contributed by atoms with Gasteiger partial charge in [-0.15, -0.1) is 9.24 Å². The number of hydrogen-bond donors (Lipinski definition) is 1. The van der Waals surface area contributed by atoms with Crippen LogP contribution in [0, 0.1) is 11.8 Å². The molecule has 0 bridgehead atoms. The molecule has 15 heteroatoms. The summed E-state index contributed by atoms with van der Waals surface area (Å²) in [5.74, 6) is -5.36. The summed E-state index contributed by atoms with van der Waals surface area (Å²) in [6.07, 6.45) is -1.57. The summed E-state index contributed by atoms with van der Waals surface area (Å²) in [4.78, 5) is 67.2. The quantitative estimate of drug-likeness (QED) is 0.166. The van der Waals surface area contributed by atoms with E-state index >= 15 is 0 Å². The number of amides is 1. The zero-order valence-electron chi connectivity index (χ0n) is 23.2. The van der Waals surface area contributed by atoms with E-state index in [9.17, 15) is 24.0 Å². The van der Waals surface area contributed by atoms with Crippen LogP contribution in [0.3, 0.4) is 0 Å². The van der Waals surface area contributed by atoms with Crippen LogP contribution in [0.4, 0.5) is 0 Å². The van der Waals surface area contributed by atoms with Gasteiger partial charge in [0.05, 0.1) is 13.0 Å². The standard InChI is InChI=1S/C25H35N2O12P/c1-12(2)22(29)39-19-13(3)38-25(32)16(9-35-24(31)15(19)10-40)27-21(28)18-20(17(34-6)7-8-26-18)36-11-37-23(30)14(4)33-5/h7-8,12-16,19H,9-11,40H2,1-6H3,(H,27,28)/t13-,14?,15+,16-,19-/m0/s1. The summed E-state index contributed by atoms with van der Waals surface area (Å²) in [5, 5.41) is 2.42. The molecule has 1 N–H and O–H groups in total. The Kier molecular flexibility index (Phi) is 12.5. The molecule has 0 aliphatic carbocycles. The summed E-state index contributed by atoms with van der Waals surface area (Å²) in [5.41, 5.74) is -0.311. The molecule has 0 aromatic carbocycles. The van der Waals surface area contributed by atoms with Crippen LogP contribution in [-0.4, -0.2) is 92.9 Å². The van der Waals surface area contributed by atoms with Crippen molar-refractivity contribution in [2.24, 2.45) is 11.8 Å². The minimum Gasteiger partial charge on any atom is -0.493 e. The molecule has 0 spiro atoms. The van der Waals surface area contributed by atoms with E-state index in [1.807, 2.05) is 0 Å². The third kappa shape index (κ3) is 8.49. The molecule has 2 heterocycles. The predicted molar refractivity (Wildman–Crippen MR) is 139 cm³/mol. The summed E-state index contributed by atoms with van der Waals surface area (Å²) in [6, 6.07) is -0.0323. The molecule has 1 saturated heterocycles. The monoisotopic (exact) mass is 586 g/mol. The number of ether oxygens (including phenoxy) is 7. The maximum Gasteiger partial charge on any atom is 0.337 e. The number of carbonyl (C=O) groups is 5. The largest absolute Gasteiger partial charge is 0.493 e. The van der Waals surface area contributed by atoms with E-state index in [1.165, 1.54) is 40.3 Å². The number of cyclic esters (lactones) is 2. The summed E-state index contributed by atoms with van der Waals surface area (Å²) >= 11 is 0. The van der Waals surface area contributed by atoms with Gasteiger partial charge in [0.2, 0.25) is 6.79 Å². The molecule has 0 radical (unpaired) electrons. The highest BCUT2D eigenvalue weighted by molar-refractivity contribution is 7.16. The van der Waals surface area contributed by atoms with Crippen molar-refractivity contribution in [3.05, 3.63) is 18.0 Å². The number of hydrogen-bond acceptors (Lipinski definition) is 13. The van der Waals surface area contributed by atoms with Crippen LogP contribution in [-0.2, 0) is 42.9 Å². The number of aromatic nitrogens is 1. The average molecular weight is 587 g/mol. The molecule has 222 valence electrons. The SMILES string of the molecule is COc1ccnc(C(=O)N[C@H]2COC(=O)[C@H](CP)[C@@H](OC(=O)C(C)C)[C@H](C)OC2=O)c1OCOC(=O)C(C)OC. The van der Waals surface area contributed by atoms with E-state index in [0.717, 1.165) is 0 Å². The van der Waals surface area contributed by atoms with Gasteiger partial charge in [-0.3, -0.25) is 14.4 Å². The van der Waals surface area contributed by atoms with Crippen molar-refractivity contribution in [2.75, 3.05) is 33.8 Å². The van der Waals surface area contributed by atoms with Crippen molar-refractivity contribution < 1.29 is 57.1 Å². The van der Waals surface area contributed by atoms with Crippen molar-refractivity contribution in [2.45, 2.75) is 52.0 Å². The summed E-state index contributed by atoms with van der Waals surface area (Å²) in [7, 11) is 5.04. The van der Waals surface area contributed by atoms with Gasteiger partial charge in [-0.05, 0) is 20.0 Å². The summed E-state index contributed by atoms with van der Waals surface area (Å²) in [6.45, 7) is 5.05. The van der Waals surface area contributed by atoms with E-state index in [4.69, 9.17) is 33.2 Å². The second kappa shape index (κ2) is 15.3. The van der Waals surface area contributed by atoms with Crippen LogP contribution in [0.25, 0.3) is 0 Å². The van der Waals surface area contributed by atoms with E-state index < -0.39 is 79.4 Å². The smallest absolute Gasteiger partial charge is 0.337 e. The molecular weight excluding hydrogens is 551 g/mol. The molecule has 0 saturated carbocycles. The second-order valence-corrected chi connectivity index (χ2v) is 9.46. The van der Waals surface area contributed by atoms with Gasteiger partial charge < -0.3 is 38.5 Å². The number of nitrogens with one attached hydrogen (secondary N) is 1. The van der Waals surface area contributed by atoms with Gasteiger partial charge >= 0.3 is 23.9 Å². The highest BCUT2D eigenvalue weighted by Gasteiger charge is 2.41. The van der Waals surface area contributed by atoms with E-state index in [1.54, 1.807) is 13.8 Å². The molecule has 40 heavy (non-hydrogen) atoms. The first-order valence-corrected chi connectivity index (χ1v) is 13.2. The Hall–Kier alpha value is -3.51. The van der Waals surface area contributed by atoms with E-state index in [0.29, 0.717) is 0 Å². The fourth-order valence-corrected chi connectivity index (χ4v) is 3.85. The van der Waals surface area contributed by atoms with Gasteiger partial charge in [-0.2, -0.15) is 0 Å². The molecule has 2 unspecified atom stereocenters. The molecule has 2 rings (SSSR count). The highest BCUT2D eigenvalue weighted by Crippen LogP contribution is 2.30. The lowest BCUT2D eigenvalue weighted by atomic mass is 10.00. The molecule has 6 atom stereocenters. The third-order valence-corrected chi connectivity index (χ3v) is 6.32. The molecule has 1 amide bonds. The number of carbonyl (C=O) groups excluding carboxylic acids is 5. The molecule has 1 aromatic rings. The second-order valence-electron chi connectivity index (χ2n) is 8.99. The van der Waals surface area contributed by atoms with Crippen LogP contribution >= 0.6 is 9.24 Å². The highest BCUT2D eigenvalue weighted by atomic mass is 31.0. The van der Waals surface area contributed by atoms with Crippen LogP contribution < -0.4 is 14.8 Å². The maximum atomic E-state index is 13.2. The molecule has 1 aliphatic rings. The lowest BCUT2D eigenvalue weighted by Crippen LogP contribution is -2.47. The fraction of sp³-hybridized carbons (Fsp3) is 0.600. The molecular formula is C25H35N2O12P. The van der Waals surface area contributed by atoms with Crippen molar-refractivity contribution in [1.82, 2.24) is 10.3 Å². The Morgan fingerprint density at radius 2 is 1.85 bits per heavy atom. The zero-order chi connectivity index (χ0) is 30.0. The van der Waals surface area contributed by atoms with E-state index in [2.05, 4.69) is 19.5 Å². The number of methoxy groups -OCH3 is 2. The number of rotatable bonds is 11. The first kappa shape index (κ1) is 32.7. The minimum atomic E-state index is -1.44. The van der Waals surface area contributed by atoms with Gasteiger partial charge in [0.25, 0.3) is 5.91 Å². The lowest BCUT2D eigenvalue weighted by molar-refractivity contribution is -0.175. The Labute approximate surface area is 233 Å². The van der Waals surface area contributed by atoms with Crippen molar-refractivity contribution in [3.8, 4) is 11.5 Å². The van der Waals surface area contributed by atoms with Crippen LogP contribution in [0.1, 0.15) is 38.2 Å². The molecule has 14 nitrogen and oxygen atoms in total. The molecule has 1 aromatic heterocycles. The van der Waals surface area contributed by atoms with Crippen molar-refractivity contribution in [3.63, 3.8) is 0 Å². The number of pyridine rings is 1. The lowest BCUT2D eigenvalue weighted by Gasteiger charge is -2.28.